The summed E-state index contributed by atoms with van der Waals surface area (Å²) in [6.45, 7) is 0. The van der Waals surface area contributed by atoms with Crippen LogP contribution in [-0.4, -0.2) is 21.1 Å². The summed E-state index contributed by atoms with van der Waals surface area (Å²) in [6, 6.07) is 11.7. The molecule has 1 amide bonds. The molecule has 2 N–H and O–H groups in total. The quantitative estimate of drug-likeness (QED) is 0.772. The van der Waals surface area contributed by atoms with Gasteiger partial charge in [0.15, 0.2) is 5.01 Å². The van der Waals surface area contributed by atoms with Crippen LogP contribution in [0.25, 0.3) is 21.6 Å². The number of rotatable bonds is 3. The van der Waals surface area contributed by atoms with Crippen molar-refractivity contribution in [1.29, 1.82) is 5.26 Å². The molecule has 0 unspecified atom stereocenters. The lowest BCUT2D eigenvalue weighted by molar-refractivity contribution is -0.115. The molecular formula is C13H9N5OS. The number of hydrogen-bond acceptors (Lipinski definition) is 5. The van der Waals surface area contributed by atoms with Crippen LogP contribution in [0.15, 0.2) is 30.3 Å². The lowest BCUT2D eigenvalue weighted by Crippen LogP contribution is -2.09. The molecule has 2 heterocycles. The number of hydrogen-bond donors (Lipinski definition) is 2. The summed E-state index contributed by atoms with van der Waals surface area (Å²) in [6.07, 6.45) is -0.193. The number of benzene rings is 1. The highest BCUT2D eigenvalue weighted by atomic mass is 32.1. The number of para-hydroxylation sites is 1. The number of aromatic amines is 1. The molecule has 0 saturated carbocycles. The second-order valence-corrected chi connectivity index (χ2v) is 5.04. The Kier molecular flexibility index (Phi) is 3.15. The number of fused-ring (bicyclic) bond motifs is 1. The van der Waals surface area contributed by atoms with E-state index in [4.69, 9.17) is 5.26 Å². The summed E-state index contributed by atoms with van der Waals surface area (Å²) in [5.74, 6) is -0.383. The molecule has 0 atom stereocenters. The minimum absolute atomic E-state index is 0.193. The number of nitriles is 1. The first kappa shape index (κ1) is 12.3. The Bertz CT molecular complexity index is 780. The van der Waals surface area contributed by atoms with Gasteiger partial charge >= 0.3 is 0 Å². The molecule has 1 aromatic carbocycles. The Morgan fingerprint density at radius 1 is 1.40 bits per heavy atom. The molecule has 0 saturated heterocycles. The fourth-order valence-corrected chi connectivity index (χ4v) is 2.54. The van der Waals surface area contributed by atoms with E-state index in [0.717, 1.165) is 16.6 Å². The fraction of sp³-hybridized carbons (Fsp3) is 0.0769. The third-order valence-electron chi connectivity index (χ3n) is 2.67. The predicted octanol–water partition coefficient (Wildman–Crippen LogP) is 2.54. The molecule has 3 rings (SSSR count). The van der Waals surface area contributed by atoms with Crippen LogP contribution >= 0.6 is 11.3 Å². The molecule has 3 aromatic rings. The molecule has 0 aliphatic rings. The van der Waals surface area contributed by atoms with Gasteiger partial charge in [-0.1, -0.05) is 29.5 Å². The summed E-state index contributed by atoms with van der Waals surface area (Å²) >= 11 is 1.26. The first-order valence-corrected chi connectivity index (χ1v) is 6.66. The van der Waals surface area contributed by atoms with E-state index in [1.165, 1.54) is 11.3 Å². The Morgan fingerprint density at radius 3 is 3.05 bits per heavy atom. The molecule has 0 radical (unpaired) electrons. The Labute approximate surface area is 118 Å². The topological polar surface area (TPSA) is 94.5 Å². The van der Waals surface area contributed by atoms with Crippen LogP contribution in [0.5, 0.6) is 0 Å². The summed E-state index contributed by atoms with van der Waals surface area (Å²) in [5, 5.41) is 21.1. The van der Waals surface area contributed by atoms with Crippen molar-refractivity contribution in [1.82, 2.24) is 15.2 Å². The smallest absolute Gasteiger partial charge is 0.240 e. The van der Waals surface area contributed by atoms with Gasteiger partial charge in [-0.25, -0.2) is 0 Å². The van der Waals surface area contributed by atoms with Crippen LogP contribution < -0.4 is 5.32 Å². The minimum Gasteiger partial charge on any atom is -0.353 e. The van der Waals surface area contributed by atoms with Crippen molar-refractivity contribution in [3.05, 3.63) is 30.3 Å². The molecule has 20 heavy (non-hydrogen) atoms. The van der Waals surface area contributed by atoms with Crippen molar-refractivity contribution in [2.75, 3.05) is 5.32 Å². The number of aromatic nitrogens is 3. The largest absolute Gasteiger partial charge is 0.353 e. The maximum atomic E-state index is 11.3. The minimum atomic E-state index is -0.383. The van der Waals surface area contributed by atoms with Gasteiger partial charge in [-0.15, -0.1) is 10.2 Å². The highest BCUT2D eigenvalue weighted by Gasteiger charge is 2.11. The SMILES string of the molecule is N#CCC(=O)Nc1nnc(-c2cc3ccccc3[nH]2)s1. The van der Waals surface area contributed by atoms with E-state index in [9.17, 15) is 4.79 Å². The average Bonchev–Trinajstić information content (AvgIpc) is 3.04. The zero-order valence-electron chi connectivity index (χ0n) is 10.3. The van der Waals surface area contributed by atoms with Gasteiger partial charge in [0.25, 0.3) is 0 Å². The Morgan fingerprint density at radius 2 is 2.25 bits per heavy atom. The van der Waals surface area contributed by atoms with E-state index >= 15 is 0 Å². The average molecular weight is 283 g/mol. The summed E-state index contributed by atoms with van der Waals surface area (Å²) in [4.78, 5) is 14.5. The van der Waals surface area contributed by atoms with E-state index in [0.29, 0.717) is 10.1 Å². The van der Waals surface area contributed by atoms with Crippen LogP contribution in [0, 0.1) is 11.3 Å². The first-order chi connectivity index (χ1) is 9.76. The van der Waals surface area contributed by atoms with E-state index in [-0.39, 0.29) is 12.3 Å². The molecule has 98 valence electrons. The molecule has 0 bridgehead atoms. The molecule has 7 heteroatoms. The second kappa shape index (κ2) is 5.11. The second-order valence-electron chi connectivity index (χ2n) is 4.07. The highest BCUT2D eigenvalue weighted by molar-refractivity contribution is 7.18. The number of amides is 1. The first-order valence-electron chi connectivity index (χ1n) is 5.85. The van der Waals surface area contributed by atoms with Gasteiger partial charge in [-0.3, -0.25) is 10.1 Å². The van der Waals surface area contributed by atoms with Crippen LogP contribution in [0.3, 0.4) is 0 Å². The van der Waals surface area contributed by atoms with Gasteiger partial charge < -0.3 is 4.98 Å². The zero-order valence-corrected chi connectivity index (χ0v) is 11.1. The Hall–Kier alpha value is -2.72. The number of anilines is 1. The van der Waals surface area contributed by atoms with Crippen molar-refractivity contribution in [2.24, 2.45) is 0 Å². The van der Waals surface area contributed by atoms with Gasteiger partial charge in [0.2, 0.25) is 11.0 Å². The van der Waals surface area contributed by atoms with Crippen molar-refractivity contribution in [2.45, 2.75) is 6.42 Å². The van der Waals surface area contributed by atoms with Crippen molar-refractivity contribution in [3.8, 4) is 16.8 Å². The summed E-state index contributed by atoms with van der Waals surface area (Å²) < 4.78 is 0. The fourth-order valence-electron chi connectivity index (χ4n) is 1.81. The monoisotopic (exact) mass is 283 g/mol. The lowest BCUT2D eigenvalue weighted by Gasteiger charge is -1.93. The molecule has 0 aliphatic heterocycles. The normalized spacial score (nSPS) is 10.3. The number of nitrogens with one attached hydrogen (secondary N) is 2. The van der Waals surface area contributed by atoms with Crippen LogP contribution in [0.2, 0.25) is 0 Å². The molecule has 0 spiro atoms. The van der Waals surface area contributed by atoms with Crippen LogP contribution in [0.4, 0.5) is 5.13 Å². The Balaban J connectivity index is 1.86. The van der Waals surface area contributed by atoms with Gasteiger partial charge in [-0.2, -0.15) is 5.26 Å². The van der Waals surface area contributed by atoms with Crippen LogP contribution in [-0.2, 0) is 4.79 Å². The van der Waals surface area contributed by atoms with E-state index in [1.807, 2.05) is 30.3 Å². The van der Waals surface area contributed by atoms with Crippen LogP contribution in [0.1, 0.15) is 6.42 Å². The standard InChI is InChI=1S/C13H9N5OS/c14-6-5-11(19)16-13-18-17-12(20-13)10-7-8-3-1-2-4-9(8)15-10/h1-4,7,15H,5H2,(H,16,18,19). The van der Waals surface area contributed by atoms with Gasteiger partial charge in [0.05, 0.1) is 11.8 Å². The molecule has 0 aliphatic carbocycles. The zero-order chi connectivity index (χ0) is 13.9. The number of carbonyl (C=O) groups excluding carboxylic acids is 1. The van der Waals surface area contributed by atoms with E-state index in [2.05, 4.69) is 20.5 Å². The summed E-state index contributed by atoms with van der Waals surface area (Å²) in [7, 11) is 0. The maximum Gasteiger partial charge on any atom is 0.240 e. The van der Waals surface area contributed by atoms with Gasteiger partial charge in [0, 0.05) is 10.9 Å². The predicted molar refractivity (Wildman–Crippen MR) is 76.1 cm³/mol. The number of H-pyrrole nitrogens is 1. The van der Waals surface area contributed by atoms with Crippen molar-refractivity contribution < 1.29 is 4.79 Å². The molecular weight excluding hydrogens is 274 g/mol. The molecule has 0 fully saturated rings. The van der Waals surface area contributed by atoms with E-state index in [1.54, 1.807) is 6.07 Å². The summed E-state index contributed by atoms with van der Waals surface area (Å²) in [5.41, 5.74) is 1.87. The van der Waals surface area contributed by atoms with Gasteiger partial charge in [-0.05, 0) is 12.1 Å². The maximum absolute atomic E-state index is 11.3. The number of nitrogens with zero attached hydrogens (tertiary/aromatic N) is 3. The van der Waals surface area contributed by atoms with E-state index < -0.39 is 0 Å². The van der Waals surface area contributed by atoms with Crippen molar-refractivity contribution in [3.63, 3.8) is 0 Å². The highest BCUT2D eigenvalue weighted by Crippen LogP contribution is 2.28. The van der Waals surface area contributed by atoms with Crippen molar-refractivity contribution >= 4 is 33.3 Å². The third kappa shape index (κ3) is 2.37. The lowest BCUT2D eigenvalue weighted by atomic mass is 10.2. The number of carbonyl (C=O) groups is 1. The third-order valence-corrected chi connectivity index (χ3v) is 3.54. The molecule has 2 aromatic heterocycles. The van der Waals surface area contributed by atoms with Gasteiger partial charge in [0.1, 0.15) is 6.42 Å². The molecule has 6 nitrogen and oxygen atoms in total.